The van der Waals surface area contributed by atoms with Crippen LogP contribution in [0, 0.1) is 0 Å². The lowest BCUT2D eigenvalue weighted by molar-refractivity contribution is -0.131. The Hall–Kier alpha value is -1.85. The number of aliphatic hydroxyl groups is 1. The molecule has 2 N–H and O–H groups in total. The van der Waals surface area contributed by atoms with Crippen molar-refractivity contribution in [1.82, 2.24) is 9.88 Å². The van der Waals surface area contributed by atoms with Crippen LogP contribution in [0.3, 0.4) is 0 Å². The van der Waals surface area contributed by atoms with Crippen LogP contribution in [0.15, 0.2) is 24.4 Å². The number of aromatic amines is 1. The normalized spacial score (nSPS) is 18.9. The van der Waals surface area contributed by atoms with E-state index < -0.39 is 0 Å². The van der Waals surface area contributed by atoms with Gasteiger partial charge in [-0.15, -0.1) is 0 Å². The lowest BCUT2D eigenvalue weighted by Crippen LogP contribution is -2.33. The van der Waals surface area contributed by atoms with Gasteiger partial charge in [-0.1, -0.05) is 6.07 Å². The van der Waals surface area contributed by atoms with Crippen LogP contribution < -0.4 is 4.74 Å². The Morgan fingerprint density at radius 1 is 1.50 bits per heavy atom. The minimum absolute atomic E-state index is 0.229. The zero-order chi connectivity index (χ0) is 15.5. The highest BCUT2D eigenvalue weighted by Crippen LogP contribution is 2.30. The summed E-state index contributed by atoms with van der Waals surface area (Å²) in [6.45, 7) is 3.60. The van der Waals surface area contributed by atoms with Crippen LogP contribution in [0.25, 0.3) is 10.9 Å². The van der Waals surface area contributed by atoms with E-state index in [-0.39, 0.29) is 18.6 Å². The SMILES string of the molecule is CC(=O)Oc1cccc2[nH]cc(CCN3CCC[C@H]3CO)c12. The van der Waals surface area contributed by atoms with Crippen LogP contribution in [-0.4, -0.2) is 46.7 Å². The van der Waals surface area contributed by atoms with Crippen molar-refractivity contribution >= 4 is 16.9 Å². The van der Waals surface area contributed by atoms with Crippen molar-refractivity contribution in [2.24, 2.45) is 0 Å². The predicted molar refractivity (Wildman–Crippen MR) is 85.0 cm³/mol. The molecule has 0 aliphatic carbocycles. The van der Waals surface area contributed by atoms with Crippen LogP contribution >= 0.6 is 0 Å². The van der Waals surface area contributed by atoms with E-state index in [1.165, 1.54) is 6.92 Å². The Labute approximate surface area is 129 Å². The van der Waals surface area contributed by atoms with E-state index in [9.17, 15) is 9.90 Å². The molecule has 2 heterocycles. The Bertz CT molecular complexity index is 665. The van der Waals surface area contributed by atoms with Crippen LogP contribution in [0.1, 0.15) is 25.3 Å². The number of hydrogen-bond donors (Lipinski definition) is 2. The van der Waals surface area contributed by atoms with E-state index in [4.69, 9.17) is 4.74 Å². The third-order valence-corrected chi connectivity index (χ3v) is 4.38. The summed E-state index contributed by atoms with van der Waals surface area (Å²) >= 11 is 0. The molecule has 1 atom stereocenters. The topological polar surface area (TPSA) is 65.6 Å². The number of nitrogens with one attached hydrogen (secondary N) is 1. The van der Waals surface area contributed by atoms with Crippen LogP contribution in [0.5, 0.6) is 5.75 Å². The molecule has 0 amide bonds. The molecule has 5 nitrogen and oxygen atoms in total. The number of carbonyl (C=O) groups excluding carboxylic acids is 1. The number of rotatable bonds is 5. The molecular formula is C17H22N2O3. The number of ether oxygens (including phenoxy) is 1. The molecular weight excluding hydrogens is 280 g/mol. The van der Waals surface area contributed by atoms with Gasteiger partial charge in [-0.3, -0.25) is 9.69 Å². The Balaban J connectivity index is 1.80. The van der Waals surface area contributed by atoms with Crippen molar-refractivity contribution in [3.05, 3.63) is 30.0 Å². The summed E-state index contributed by atoms with van der Waals surface area (Å²) in [6.07, 6.45) is 5.08. The molecule has 0 spiro atoms. The van der Waals surface area contributed by atoms with Crippen LogP contribution in [0.2, 0.25) is 0 Å². The zero-order valence-corrected chi connectivity index (χ0v) is 12.8. The summed E-state index contributed by atoms with van der Waals surface area (Å²) in [4.78, 5) is 16.9. The monoisotopic (exact) mass is 302 g/mol. The number of likely N-dealkylation sites (tertiary alicyclic amines) is 1. The second-order valence-electron chi connectivity index (χ2n) is 5.85. The number of nitrogens with zero attached hydrogens (tertiary/aromatic N) is 1. The van der Waals surface area contributed by atoms with E-state index in [1.807, 2.05) is 24.4 Å². The molecule has 1 aliphatic rings. The zero-order valence-electron chi connectivity index (χ0n) is 12.8. The fourth-order valence-corrected chi connectivity index (χ4v) is 3.32. The van der Waals surface area contributed by atoms with Crippen molar-refractivity contribution in [2.45, 2.75) is 32.2 Å². The lowest BCUT2D eigenvalue weighted by Gasteiger charge is -2.22. The van der Waals surface area contributed by atoms with E-state index in [2.05, 4.69) is 9.88 Å². The Morgan fingerprint density at radius 2 is 2.36 bits per heavy atom. The molecule has 1 aromatic heterocycles. The van der Waals surface area contributed by atoms with Gasteiger partial charge in [-0.25, -0.2) is 0 Å². The maximum atomic E-state index is 11.3. The van der Waals surface area contributed by atoms with Crippen LogP contribution in [-0.2, 0) is 11.2 Å². The fraction of sp³-hybridized carbons (Fsp3) is 0.471. The molecule has 5 heteroatoms. The second-order valence-corrected chi connectivity index (χ2v) is 5.85. The third-order valence-electron chi connectivity index (χ3n) is 4.38. The molecule has 22 heavy (non-hydrogen) atoms. The number of carbonyl (C=O) groups is 1. The highest BCUT2D eigenvalue weighted by Gasteiger charge is 2.23. The molecule has 2 aromatic rings. The van der Waals surface area contributed by atoms with Gasteiger partial charge >= 0.3 is 5.97 Å². The first-order valence-corrected chi connectivity index (χ1v) is 7.81. The van der Waals surface area contributed by atoms with Gasteiger partial charge in [0.05, 0.1) is 6.61 Å². The van der Waals surface area contributed by atoms with E-state index >= 15 is 0 Å². The smallest absolute Gasteiger partial charge is 0.308 e. The number of fused-ring (bicyclic) bond motifs is 1. The summed E-state index contributed by atoms with van der Waals surface area (Å²) in [5.74, 6) is 0.306. The van der Waals surface area contributed by atoms with Gasteiger partial charge in [0.15, 0.2) is 0 Å². The van der Waals surface area contributed by atoms with Crippen molar-refractivity contribution in [3.63, 3.8) is 0 Å². The molecule has 1 saturated heterocycles. The maximum Gasteiger partial charge on any atom is 0.308 e. The summed E-state index contributed by atoms with van der Waals surface area (Å²) in [6, 6.07) is 5.98. The molecule has 1 aromatic carbocycles. The van der Waals surface area contributed by atoms with E-state index in [0.717, 1.165) is 48.8 Å². The van der Waals surface area contributed by atoms with Gasteiger partial charge in [0.25, 0.3) is 0 Å². The van der Waals surface area contributed by atoms with Crippen LogP contribution in [0.4, 0.5) is 0 Å². The summed E-state index contributed by atoms with van der Waals surface area (Å²) in [5.41, 5.74) is 2.13. The van der Waals surface area contributed by atoms with E-state index in [1.54, 1.807) is 0 Å². The first-order valence-electron chi connectivity index (χ1n) is 7.81. The van der Waals surface area contributed by atoms with Crippen molar-refractivity contribution in [3.8, 4) is 5.75 Å². The summed E-state index contributed by atoms with van der Waals surface area (Å²) in [5, 5.41) is 10.4. The molecule has 0 bridgehead atoms. The minimum atomic E-state index is -0.306. The summed E-state index contributed by atoms with van der Waals surface area (Å²) in [7, 11) is 0. The Kier molecular flexibility index (Phi) is 4.45. The molecule has 0 saturated carbocycles. The van der Waals surface area contributed by atoms with Crippen molar-refractivity contribution in [2.75, 3.05) is 19.7 Å². The number of H-pyrrole nitrogens is 1. The molecule has 118 valence electrons. The molecule has 3 rings (SSSR count). The third kappa shape index (κ3) is 3.00. The highest BCUT2D eigenvalue weighted by molar-refractivity contribution is 5.91. The van der Waals surface area contributed by atoms with Gasteiger partial charge in [-0.2, -0.15) is 0 Å². The fourth-order valence-electron chi connectivity index (χ4n) is 3.32. The standard InChI is InChI=1S/C17H22N2O3/c1-12(21)22-16-6-2-5-15-17(16)13(10-18-15)7-9-19-8-3-4-14(19)11-20/h2,5-6,10,14,18,20H,3-4,7-9,11H2,1H3/t14-/m0/s1. The van der Waals surface area contributed by atoms with Gasteiger partial charge in [0.2, 0.25) is 0 Å². The van der Waals surface area contributed by atoms with Crippen molar-refractivity contribution in [1.29, 1.82) is 0 Å². The van der Waals surface area contributed by atoms with Gasteiger partial charge in [0.1, 0.15) is 5.75 Å². The lowest BCUT2D eigenvalue weighted by atomic mass is 10.1. The number of aliphatic hydroxyl groups excluding tert-OH is 1. The highest BCUT2D eigenvalue weighted by atomic mass is 16.5. The minimum Gasteiger partial charge on any atom is -0.426 e. The largest absolute Gasteiger partial charge is 0.426 e. The maximum absolute atomic E-state index is 11.3. The first kappa shape index (κ1) is 15.1. The van der Waals surface area contributed by atoms with E-state index in [0.29, 0.717) is 5.75 Å². The quantitative estimate of drug-likeness (QED) is 0.656. The average Bonchev–Trinajstić information content (AvgIpc) is 3.11. The molecule has 0 radical (unpaired) electrons. The van der Waals surface area contributed by atoms with Crippen molar-refractivity contribution < 1.29 is 14.6 Å². The molecule has 1 aliphatic heterocycles. The second kappa shape index (κ2) is 6.50. The summed E-state index contributed by atoms with van der Waals surface area (Å²) < 4.78 is 5.33. The predicted octanol–water partition coefficient (Wildman–Crippen LogP) is 2.09. The molecule has 1 fully saturated rings. The van der Waals surface area contributed by atoms with Gasteiger partial charge in [0, 0.05) is 36.6 Å². The Morgan fingerprint density at radius 3 is 3.14 bits per heavy atom. The number of hydrogen-bond acceptors (Lipinski definition) is 4. The first-order chi connectivity index (χ1) is 10.7. The van der Waals surface area contributed by atoms with Gasteiger partial charge in [-0.05, 0) is 43.5 Å². The number of esters is 1. The molecule has 0 unspecified atom stereocenters. The average molecular weight is 302 g/mol. The number of benzene rings is 1. The van der Waals surface area contributed by atoms with Gasteiger partial charge < -0.3 is 14.8 Å². The number of aromatic nitrogens is 1.